The summed E-state index contributed by atoms with van der Waals surface area (Å²) in [5, 5.41) is 0. The third-order valence-corrected chi connectivity index (χ3v) is 7.23. The van der Waals surface area contributed by atoms with Gasteiger partial charge in [0, 0.05) is 49.7 Å². The summed E-state index contributed by atoms with van der Waals surface area (Å²) in [4.78, 5) is 27.6. The van der Waals surface area contributed by atoms with E-state index in [-0.39, 0.29) is 63.5 Å². The number of ether oxygens (including phenoxy) is 2. The molecule has 2 atom stereocenters. The number of nitrogens with zero attached hydrogens (tertiary/aromatic N) is 2. The lowest BCUT2D eigenvalue weighted by molar-refractivity contribution is -0.145. The first-order valence-corrected chi connectivity index (χ1v) is 13.4. The summed E-state index contributed by atoms with van der Waals surface area (Å²) < 4.78 is 117. The molecular formula is C28H28F8N4O4. The van der Waals surface area contributed by atoms with E-state index >= 15 is 0 Å². The van der Waals surface area contributed by atoms with Gasteiger partial charge in [0.1, 0.15) is 23.8 Å². The summed E-state index contributed by atoms with van der Waals surface area (Å²) in [6, 6.07) is 3.05. The maximum absolute atomic E-state index is 13.9. The Morgan fingerprint density at radius 1 is 0.727 bits per heavy atom. The minimum Gasteiger partial charge on any atom is -0.456 e. The molecule has 2 unspecified atom stereocenters. The van der Waals surface area contributed by atoms with Gasteiger partial charge in [0.15, 0.2) is 0 Å². The van der Waals surface area contributed by atoms with Crippen molar-refractivity contribution in [2.24, 2.45) is 11.5 Å². The molecule has 0 aromatic heterocycles. The number of nitrogens with two attached hydrogens (primary N) is 2. The number of benzene rings is 2. The van der Waals surface area contributed by atoms with E-state index in [0.717, 1.165) is 24.3 Å². The van der Waals surface area contributed by atoms with Crippen molar-refractivity contribution in [3.8, 4) is 0 Å². The van der Waals surface area contributed by atoms with Gasteiger partial charge in [-0.2, -0.15) is 26.3 Å². The highest BCUT2D eigenvalue weighted by atomic mass is 19.4. The molecule has 0 amide bonds. The molecule has 4 rings (SSSR count). The second kappa shape index (κ2) is 13.0. The fourth-order valence-electron chi connectivity index (χ4n) is 5.12. The van der Waals surface area contributed by atoms with Crippen LogP contribution in [0.3, 0.4) is 0 Å². The van der Waals surface area contributed by atoms with Crippen LogP contribution in [-0.2, 0) is 44.3 Å². The number of hydrogen-bond acceptors (Lipinski definition) is 8. The maximum atomic E-state index is 13.9. The molecule has 0 aliphatic carbocycles. The predicted molar refractivity (Wildman–Crippen MR) is 142 cm³/mol. The first-order valence-electron chi connectivity index (χ1n) is 13.4. The SMILES string of the molecule is NCC(CN1CCc2cc(F)c(C(F)(F)F)cc21)OC(=O)/C=C/C(=O)OC(CN)CN1CCc2cc(F)c(C(F)(F)F)cc21. The summed E-state index contributed by atoms with van der Waals surface area (Å²) in [6.07, 6.45) is -9.75. The van der Waals surface area contributed by atoms with Gasteiger partial charge in [-0.15, -0.1) is 0 Å². The van der Waals surface area contributed by atoms with Crippen molar-refractivity contribution in [1.82, 2.24) is 0 Å². The quantitative estimate of drug-likeness (QED) is 0.231. The number of anilines is 2. The van der Waals surface area contributed by atoms with Crippen LogP contribution in [0.25, 0.3) is 0 Å². The van der Waals surface area contributed by atoms with E-state index < -0.39 is 59.3 Å². The summed E-state index contributed by atoms with van der Waals surface area (Å²) in [5.41, 5.74) is 9.51. The number of carbonyl (C=O) groups is 2. The number of carbonyl (C=O) groups excluding carboxylic acids is 2. The van der Waals surface area contributed by atoms with E-state index in [9.17, 15) is 44.7 Å². The van der Waals surface area contributed by atoms with Crippen molar-refractivity contribution >= 4 is 23.3 Å². The Kier molecular flexibility index (Phi) is 9.73. The van der Waals surface area contributed by atoms with Gasteiger partial charge in [-0.1, -0.05) is 0 Å². The van der Waals surface area contributed by atoms with Gasteiger partial charge in [0.25, 0.3) is 0 Å². The smallest absolute Gasteiger partial charge is 0.419 e. The Balaban J connectivity index is 1.33. The third kappa shape index (κ3) is 7.59. The van der Waals surface area contributed by atoms with Gasteiger partial charge >= 0.3 is 24.3 Å². The van der Waals surface area contributed by atoms with Crippen LogP contribution in [0, 0.1) is 11.6 Å². The molecule has 0 fully saturated rings. The molecule has 2 aromatic rings. The van der Waals surface area contributed by atoms with Crippen LogP contribution in [0.15, 0.2) is 36.4 Å². The predicted octanol–water partition coefficient (Wildman–Crippen LogP) is 3.72. The Morgan fingerprint density at radius 3 is 1.41 bits per heavy atom. The molecule has 0 radical (unpaired) electrons. The third-order valence-electron chi connectivity index (χ3n) is 7.23. The summed E-state index contributed by atoms with van der Waals surface area (Å²) >= 11 is 0. The molecule has 0 saturated carbocycles. The largest absolute Gasteiger partial charge is 0.456 e. The lowest BCUT2D eigenvalue weighted by atomic mass is 10.1. The average Bonchev–Trinajstić information content (AvgIpc) is 3.51. The van der Waals surface area contributed by atoms with Crippen molar-refractivity contribution in [2.45, 2.75) is 37.4 Å². The number of alkyl halides is 6. The number of hydrogen-bond donors (Lipinski definition) is 2. The normalized spacial score (nSPS) is 16.2. The van der Waals surface area contributed by atoms with Gasteiger partial charge in [-0.05, 0) is 48.2 Å². The number of halogens is 8. The first-order chi connectivity index (χ1) is 20.6. The Hall–Kier alpha value is -3.92. The second-order valence-electron chi connectivity index (χ2n) is 10.2. The summed E-state index contributed by atoms with van der Waals surface area (Å²) in [6.45, 7) is -0.140. The molecule has 44 heavy (non-hydrogen) atoms. The van der Waals surface area contributed by atoms with Gasteiger partial charge < -0.3 is 30.7 Å². The van der Waals surface area contributed by atoms with Crippen molar-refractivity contribution in [1.29, 1.82) is 0 Å². The van der Waals surface area contributed by atoms with Crippen LogP contribution in [0.2, 0.25) is 0 Å². The zero-order chi connectivity index (χ0) is 32.4. The van der Waals surface area contributed by atoms with Crippen LogP contribution in [-0.4, -0.2) is 63.4 Å². The zero-order valence-electron chi connectivity index (χ0n) is 23.0. The molecule has 0 bridgehead atoms. The van der Waals surface area contributed by atoms with Gasteiger partial charge in [-0.25, -0.2) is 18.4 Å². The molecule has 16 heteroatoms. The summed E-state index contributed by atoms with van der Waals surface area (Å²) in [5.74, 6) is -4.78. The maximum Gasteiger partial charge on any atom is 0.419 e. The highest BCUT2D eigenvalue weighted by molar-refractivity contribution is 5.91. The zero-order valence-corrected chi connectivity index (χ0v) is 23.0. The molecule has 2 aromatic carbocycles. The van der Waals surface area contributed by atoms with E-state index in [4.69, 9.17) is 20.9 Å². The van der Waals surface area contributed by atoms with Gasteiger partial charge in [-0.3, -0.25) is 0 Å². The molecular weight excluding hydrogens is 608 g/mol. The van der Waals surface area contributed by atoms with Crippen molar-refractivity contribution < 1.29 is 54.2 Å². The molecule has 2 aliphatic rings. The van der Waals surface area contributed by atoms with Crippen LogP contribution < -0.4 is 21.3 Å². The fourth-order valence-corrected chi connectivity index (χ4v) is 5.12. The Bertz CT molecular complexity index is 1320. The lowest BCUT2D eigenvalue weighted by Crippen LogP contribution is -2.39. The average molecular weight is 637 g/mol. The van der Waals surface area contributed by atoms with Crippen molar-refractivity contribution in [3.05, 3.63) is 70.3 Å². The number of fused-ring (bicyclic) bond motifs is 2. The van der Waals surface area contributed by atoms with Crippen molar-refractivity contribution in [2.75, 3.05) is 49.1 Å². The molecule has 2 heterocycles. The molecule has 0 saturated heterocycles. The first kappa shape index (κ1) is 33.0. The van der Waals surface area contributed by atoms with E-state index in [2.05, 4.69) is 0 Å². The monoisotopic (exact) mass is 636 g/mol. The van der Waals surface area contributed by atoms with Gasteiger partial charge in [0.2, 0.25) is 0 Å². The van der Waals surface area contributed by atoms with E-state index in [1.54, 1.807) is 0 Å². The van der Waals surface area contributed by atoms with Crippen LogP contribution in [0.5, 0.6) is 0 Å². The van der Waals surface area contributed by atoms with E-state index in [0.29, 0.717) is 23.3 Å². The Morgan fingerprint density at radius 2 is 1.09 bits per heavy atom. The second-order valence-corrected chi connectivity index (χ2v) is 10.2. The lowest BCUT2D eigenvalue weighted by Gasteiger charge is -2.26. The van der Waals surface area contributed by atoms with Crippen molar-refractivity contribution in [3.63, 3.8) is 0 Å². The van der Waals surface area contributed by atoms with Crippen LogP contribution in [0.4, 0.5) is 46.5 Å². The molecule has 0 spiro atoms. The minimum absolute atomic E-state index is 0.0943. The van der Waals surface area contributed by atoms with Crippen LogP contribution >= 0.6 is 0 Å². The van der Waals surface area contributed by atoms with E-state index in [1.165, 1.54) is 9.80 Å². The molecule has 8 nitrogen and oxygen atoms in total. The number of rotatable bonds is 10. The topological polar surface area (TPSA) is 111 Å². The standard InChI is InChI=1S/C28H28F8N4O4/c29-21-7-15-3-5-39(23(15)9-19(21)27(31,32)33)13-17(11-37)43-25(41)1-2-26(42)44-18(12-38)14-40-6-4-16-8-22(30)20(10-24(16)40)28(34,35)36/h1-2,7-10,17-18H,3-6,11-14,37-38H2/b2-1+. The fraction of sp³-hybridized carbons (Fsp3) is 0.429. The van der Waals surface area contributed by atoms with Gasteiger partial charge in [0.05, 0.1) is 24.2 Å². The highest BCUT2D eigenvalue weighted by Crippen LogP contribution is 2.39. The number of esters is 2. The molecule has 240 valence electrons. The Labute approximate surface area is 246 Å². The highest BCUT2D eigenvalue weighted by Gasteiger charge is 2.38. The molecule has 4 N–H and O–H groups in total. The summed E-state index contributed by atoms with van der Waals surface area (Å²) in [7, 11) is 0. The molecule has 2 aliphatic heterocycles. The minimum atomic E-state index is -4.90. The van der Waals surface area contributed by atoms with E-state index in [1.807, 2.05) is 0 Å². The van der Waals surface area contributed by atoms with Crippen LogP contribution in [0.1, 0.15) is 22.3 Å².